The van der Waals surface area contributed by atoms with Crippen LogP contribution in [0.5, 0.6) is 0 Å². The van der Waals surface area contributed by atoms with Crippen LogP contribution in [0.15, 0.2) is 16.2 Å². The Hall–Kier alpha value is -1.69. The highest BCUT2D eigenvalue weighted by Gasteiger charge is 2.14. The second-order valence-corrected chi connectivity index (χ2v) is 5.81. The number of rotatable bonds is 5. The van der Waals surface area contributed by atoms with E-state index in [-0.39, 0.29) is 11.5 Å². The van der Waals surface area contributed by atoms with Crippen molar-refractivity contribution in [3.63, 3.8) is 0 Å². The van der Waals surface area contributed by atoms with Crippen molar-refractivity contribution in [3.8, 4) is 11.3 Å². The molecule has 2 rings (SSSR count). The number of aromatic nitrogens is 3. The summed E-state index contributed by atoms with van der Waals surface area (Å²) in [4.78, 5) is 16.9. The zero-order valence-corrected chi connectivity index (χ0v) is 13.1. The Labute approximate surface area is 122 Å². The van der Waals surface area contributed by atoms with Crippen LogP contribution in [0.3, 0.4) is 0 Å². The molecule has 0 saturated carbocycles. The largest absolute Gasteiger partial charge is 0.365 e. The lowest BCUT2D eigenvalue weighted by Gasteiger charge is -2.11. The molecule has 0 aromatic carbocycles. The van der Waals surface area contributed by atoms with E-state index in [0.29, 0.717) is 12.1 Å². The van der Waals surface area contributed by atoms with Gasteiger partial charge in [-0.2, -0.15) is 5.10 Å². The molecule has 0 spiro atoms. The molecule has 5 nitrogen and oxygen atoms in total. The second kappa shape index (κ2) is 6.17. The van der Waals surface area contributed by atoms with Crippen LogP contribution in [0.1, 0.15) is 38.8 Å². The molecular formula is C14H20N4OS. The van der Waals surface area contributed by atoms with Crippen LogP contribution in [0.4, 0.5) is 5.13 Å². The zero-order valence-electron chi connectivity index (χ0n) is 12.3. The molecule has 1 N–H and O–H groups in total. The van der Waals surface area contributed by atoms with Crippen molar-refractivity contribution < 1.29 is 0 Å². The lowest BCUT2D eigenvalue weighted by atomic mass is 10.1. The molecule has 0 amide bonds. The summed E-state index contributed by atoms with van der Waals surface area (Å²) in [6.45, 7) is 6.83. The van der Waals surface area contributed by atoms with Gasteiger partial charge in [-0.05, 0) is 18.4 Å². The van der Waals surface area contributed by atoms with Crippen LogP contribution in [-0.2, 0) is 6.54 Å². The third-order valence-corrected chi connectivity index (χ3v) is 3.87. The first-order valence-corrected chi connectivity index (χ1v) is 7.70. The van der Waals surface area contributed by atoms with Crippen molar-refractivity contribution >= 4 is 16.5 Å². The zero-order chi connectivity index (χ0) is 14.7. The van der Waals surface area contributed by atoms with Crippen molar-refractivity contribution in [2.75, 3.05) is 12.4 Å². The SMILES string of the molecule is CCCn1nc(C(C)C)cc(-c2csc(NC)n2)c1=O. The lowest BCUT2D eigenvalue weighted by Crippen LogP contribution is -2.26. The maximum atomic E-state index is 12.5. The minimum absolute atomic E-state index is 0.0656. The van der Waals surface area contributed by atoms with E-state index in [1.165, 1.54) is 11.3 Å². The number of aryl methyl sites for hydroxylation is 1. The van der Waals surface area contributed by atoms with Gasteiger partial charge in [-0.15, -0.1) is 11.3 Å². The third-order valence-electron chi connectivity index (χ3n) is 3.01. The van der Waals surface area contributed by atoms with Crippen molar-refractivity contribution in [1.82, 2.24) is 14.8 Å². The van der Waals surface area contributed by atoms with E-state index < -0.39 is 0 Å². The molecule has 0 aliphatic heterocycles. The summed E-state index contributed by atoms with van der Waals surface area (Å²) in [5.74, 6) is 0.278. The Morgan fingerprint density at radius 2 is 2.20 bits per heavy atom. The molecule has 2 aromatic rings. The maximum Gasteiger partial charge on any atom is 0.276 e. The summed E-state index contributed by atoms with van der Waals surface area (Å²) in [5, 5.41) is 10.2. The normalized spacial score (nSPS) is 11.1. The molecule has 20 heavy (non-hydrogen) atoms. The van der Waals surface area contributed by atoms with Gasteiger partial charge < -0.3 is 5.32 Å². The second-order valence-electron chi connectivity index (χ2n) is 4.95. The van der Waals surface area contributed by atoms with Crippen LogP contribution in [0.2, 0.25) is 0 Å². The molecule has 2 aromatic heterocycles. The van der Waals surface area contributed by atoms with Crippen LogP contribution >= 0.6 is 11.3 Å². The summed E-state index contributed by atoms with van der Waals surface area (Å²) in [6, 6.07) is 1.87. The van der Waals surface area contributed by atoms with E-state index in [1.54, 1.807) is 4.68 Å². The summed E-state index contributed by atoms with van der Waals surface area (Å²) in [6.07, 6.45) is 0.882. The van der Waals surface area contributed by atoms with E-state index in [1.807, 2.05) is 25.4 Å². The first kappa shape index (κ1) is 14.7. The van der Waals surface area contributed by atoms with E-state index in [4.69, 9.17) is 0 Å². The van der Waals surface area contributed by atoms with Gasteiger partial charge in [0.2, 0.25) is 0 Å². The van der Waals surface area contributed by atoms with Gasteiger partial charge in [0.1, 0.15) is 0 Å². The van der Waals surface area contributed by atoms with Crippen molar-refractivity contribution in [1.29, 1.82) is 0 Å². The molecular weight excluding hydrogens is 272 g/mol. The first-order chi connectivity index (χ1) is 9.56. The fourth-order valence-electron chi connectivity index (χ4n) is 1.90. The summed E-state index contributed by atoms with van der Waals surface area (Å²) in [7, 11) is 1.82. The molecule has 6 heteroatoms. The number of nitrogens with one attached hydrogen (secondary N) is 1. The van der Waals surface area contributed by atoms with Gasteiger partial charge in [-0.25, -0.2) is 9.67 Å². The van der Waals surface area contributed by atoms with Crippen LogP contribution in [0.25, 0.3) is 11.3 Å². The summed E-state index contributed by atoms with van der Waals surface area (Å²) >= 11 is 1.50. The topological polar surface area (TPSA) is 59.8 Å². The molecule has 0 radical (unpaired) electrons. The Morgan fingerprint density at radius 1 is 1.45 bits per heavy atom. The predicted octanol–water partition coefficient (Wildman–Crippen LogP) is 2.94. The van der Waals surface area contributed by atoms with Crippen LogP contribution < -0.4 is 10.9 Å². The first-order valence-electron chi connectivity index (χ1n) is 6.82. The van der Waals surface area contributed by atoms with Crippen LogP contribution in [-0.4, -0.2) is 21.8 Å². The number of hydrogen-bond acceptors (Lipinski definition) is 5. The van der Waals surface area contributed by atoms with Gasteiger partial charge in [0.05, 0.1) is 17.0 Å². The molecule has 108 valence electrons. The van der Waals surface area contributed by atoms with Gasteiger partial charge in [0.15, 0.2) is 5.13 Å². The molecule has 0 aliphatic rings. The highest BCUT2D eigenvalue weighted by molar-refractivity contribution is 7.14. The van der Waals surface area contributed by atoms with Gasteiger partial charge in [-0.3, -0.25) is 4.79 Å². The highest BCUT2D eigenvalue weighted by atomic mass is 32.1. The Bertz CT molecular complexity index is 645. The highest BCUT2D eigenvalue weighted by Crippen LogP contribution is 2.24. The predicted molar refractivity (Wildman–Crippen MR) is 83.5 cm³/mol. The molecule has 0 aliphatic carbocycles. The van der Waals surface area contributed by atoms with Crippen molar-refractivity contribution in [3.05, 3.63) is 27.5 Å². The molecule has 0 bridgehead atoms. The number of thiazole rings is 1. The van der Waals surface area contributed by atoms with Crippen molar-refractivity contribution in [2.24, 2.45) is 0 Å². The smallest absolute Gasteiger partial charge is 0.276 e. The number of hydrogen-bond donors (Lipinski definition) is 1. The molecule has 0 atom stereocenters. The van der Waals surface area contributed by atoms with Crippen molar-refractivity contribution in [2.45, 2.75) is 39.7 Å². The van der Waals surface area contributed by atoms with E-state index in [0.717, 1.165) is 22.9 Å². The summed E-state index contributed by atoms with van der Waals surface area (Å²) < 4.78 is 1.56. The van der Waals surface area contributed by atoms with E-state index in [9.17, 15) is 4.79 Å². The molecule has 0 fully saturated rings. The van der Waals surface area contributed by atoms with Crippen LogP contribution in [0, 0.1) is 0 Å². The quantitative estimate of drug-likeness (QED) is 0.920. The van der Waals surface area contributed by atoms with Gasteiger partial charge in [0, 0.05) is 19.0 Å². The average Bonchev–Trinajstić information content (AvgIpc) is 2.89. The number of anilines is 1. The van der Waals surface area contributed by atoms with E-state index in [2.05, 4.69) is 29.2 Å². The standard InChI is InChI=1S/C14H20N4OS/c1-5-6-18-13(19)10(7-11(17-18)9(2)3)12-8-20-14(15-4)16-12/h7-9H,5-6H2,1-4H3,(H,15,16). The minimum Gasteiger partial charge on any atom is -0.365 e. The summed E-state index contributed by atoms with van der Waals surface area (Å²) in [5.41, 5.74) is 2.21. The fourth-order valence-corrected chi connectivity index (χ4v) is 2.58. The van der Waals surface area contributed by atoms with Gasteiger partial charge in [-0.1, -0.05) is 20.8 Å². The minimum atomic E-state index is -0.0656. The fraction of sp³-hybridized carbons (Fsp3) is 0.500. The van der Waals surface area contributed by atoms with Gasteiger partial charge >= 0.3 is 0 Å². The Morgan fingerprint density at radius 3 is 2.75 bits per heavy atom. The Kier molecular flexibility index (Phi) is 4.54. The van der Waals surface area contributed by atoms with Gasteiger partial charge in [0.25, 0.3) is 5.56 Å². The van der Waals surface area contributed by atoms with E-state index >= 15 is 0 Å². The molecule has 0 saturated heterocycles. The lowest BCUT2D eigenvalue weighted by molar-refractivity contribution is 0.548. The Balaban J connectivity index is 2.58. The number of nitrogens with zero attached hydrogens (tertiary/aromatic N) is 3. The molecule has 2 heterocycles. The maximum absolute atomic E-state index is 12.5. The monoisotopic (exact) mass is 292 g/mol. The average molecular weight is 292 g/mol. The molecule has 0 unspecified atom stereocenters. The third kappa shape index (κ3) is 2.90.